The van der Waals surface area contributed by atoms with Crippen LogP contribution in [0.3, 0.4) is 0 Å². The third kappa shape index (κ3) is 3.41. The molecule has 1 aliphatic carbocycles. The van der Waals surface area contributed by atoms with Crippen LogP contribution < -0.4 is 0 Å². The summed E-state index contributed by atoms with van der Waals surface area (Å²) >= 11 is 0. The van der Waals surface area contributed by atoms with Gasteiger partial charge in [-0.2, -0.15) is 0 Å². The quantitative estimate of drug-likeness (QED) is 0.703. The molecule has 1 aliphatic rings. The number of likely N-dealkylation sites (N-methyl/N-ethyl adjacent to an activating group) is 1. The predicted molar refractivity (Wildman–Crippen MR) is 105 cm³/mol. The lowest BCUT2D eigenvalue weighted by Crippen LogP contribution is -2.56. The number of benzene rings is 2. The largest absolute Gasteiger partial charge is 0.299 e. The zero-order chi connectivity index (χ0) is 17.9. The summed E-state index contributed by atoms with van der Waals surface area (Å²) in [6, 6.07) is 19.4. The van der Waals surface area contributed by atoms with Crippen molar-refractivity contribution in [1.29, 1.82) is 0 Å². The standard InChI is InChI=1S/C23H29NO/c1-4-9-21(25)22(24(2)3)23(16-8-17-23)20-14-12-19(13-15-20)18-10-6-5-7-11-18/h5-7,10-15,22H,4,8-9,16-17H2,1-3H3. The van der Waals surface area contributed by atoms with Crippen molar-refractivity contribution < 1.29 is 4.79 Å². The molecule has 2 heteroatoms. The van der Waals surface area contributed by atoms with Gasteiger partial charge in [0, 0.05) is 11.8 Å². The Hall–Kier alpha value is -1.93. The Labute approximate surface area is 151 Å². The summed E-state index contributed by atoms with van der Waals surface area (Å²) in [6.45, 7) is 2.09. The molecule has 0 bridgehead atoms. The van der Waals surface area contributed by atoms with Gasteiger partial charge >= 0.3 is 0 Å². The normalized spacial score (nSPS) is 17.1. The average Bonchev–Trinajstić information content (AvgIpc) is 2.59. The summed E-state index contributed by atoms with van der Waals surface area (Å²) < 4.78 is 0. The highest BCUT2D eigenvalue weighted by Gasteiger charge is 2.49. The fourth-order valence-corrected chi connectivity index (χ4v) is 4.38. The van der Waals surface area contributed by atoms with E-state index < -0.39 is 0 Å². The Morgan fingerprint density at radius 1 is 1.00 bits per heavy atom. The molecule has 0 amide bonds. The maximum atomic E-state index is 12.8. The van der Waals surface area contributed by atoms with Crippen LogP contribution in [0.5, 0.6) is 0 Å². The monoisotopic (exact) mass is 335 g/mol. The van der Waals surface area contributed by atoms with Crippen molar-refractivity contribution >= 4 is 5.78 Å². The Balaban J connectivity index is 1.93. The number of hydrogen-bond donors (Lipinski definition) is 0. The van der Waals surface area contributed by atoms with Gasteiger partial charge in [-0.05, 0) is 50.0 Å². The van der Waals surface area contributed by atoms with E-state index in [9.17, 15) is 4.79 Å². The highest BCUT2D eigenvalue weighted by molar-refractivity contribution is 5.86. The van der Waals surface area contributed by atoms with E-state index in [1.54, 1.807) is 0 Å². The summed E-state index contributed by atoms with van der Waals surface area (Å²) in [5.41, 5.74) is 3.79. The molecule has 1 saturated carbocycles. The summed E-state index contributed by atoms with van der Waals surface area (Å²) in [6.07, 6.45) is 5.02. The van der Waals surface area contributed by atoms with E-state index in [0.29, 0.717) is 12.2 Å². The highest BCUT2D eigenvalue weighted by Crippen LogP contribution is 2.48. The molecule has 2 nitrogen and oxygen atoms in total. The van der Waals surface area contributed by atoms with Gasteiger partial charge in [0.2, 0.25) is 0 Å². The molecule has 2 aromatic carbocycles. The van der Waals surface area contributed by atoms with Gasteiger partial charge in [-0.25, -0.2) is 0 Å². The molecule has 25 heavy (non-hydrogen) atoms. The van der Waals surface area contributed by atoms with Crippen molar-refractivity contribution in [2.24, 2.45) is 0 Å². The second kappa shape index (κ2) is 7.53. The van der Waals surface area contributed by atoms with Crippen molar-refractivity contribution in [3.05, 3.63) is 60.2 Å². The molecule has 0 radical (unpaired) electrons. The minimum Gasteiger partial charge on any atom is -0.299 e. The van der Waals surface area contributed by atoms with Crippen LogP contribution >= 0.6 is 0 Å². The van der Waals surface area contributed by atoms with Crippen LogP contribution in [-0.4, -0.2) is 30.8 Å². The van der Waals surface area contributed by atoms with E-state index in [1.807, 2.05) is 6.07 Å². The number of carbonyl (C=O) groups excluding carboxylic acids is 1. The fourth-order valence-electron chi connectivity index (χ4n) is 4.38. The third-order valence-electron chi connectivity index (χ3n) is 5.65. The smallest absolute Gasteiger partial charge is 0.150 e. The maximum absolute atomic E-state index is 12.8. The van der Waals surface area contributed by atoms with Crippen LogP contribution in [0.15, 0.2) is 54.6 Å². The topological polar surface area (TPSA) is 20.3 Å². The molecular weight excluding hydrogens is 306 g/mol. The van der Waals surface area contributed by atoms with Crippen molar-refractivity contribution in [2.75, 3.05) is 14.1 Å². The van der Waals surface area contributed by atoms with E-state index in [1.165, 1.54) is 23.1 Å². The Kier molecular flexibility index (Phi) is 5.39. The van der Waals surface area contributed by atoms with Crippen LogP contribution in [0.25, 0.3) is 11.1 Å². The van der Waals surface area contributed by atoms with Crippen LogP contribution in [0.1, 0.15) is 44.6 Å². The summed E-state index contributed by atoms with van der Waals surface area (Å²) in [4.78, 5) is 15.0. The van der Waals surface area contributed by atoms with E-state index in [0.717, 1.165) is 19.3 Å². The molecule has 0 saturated heterocycles. The summed E-state index contributed by atoms with van der Waals surface area (Å²) in [5.74, 6) is 0.388. The first-order valence-corrected chi connectivity index (χ1v) is 9.43. The predicted octanol–water partition coefficient (Wildman–Crippen LogP) is 5.07. The molecule has 0 aliphatic heterocycles. The minimum absolute atomic E-state index is 0.00896. The zero-order valence-electron chi connectivity index (χ0n) is 15.7. The van der Waals surface area contributed by atoms with Crippen LogP contribution in [0, 0.1) is 0 Å². The summed E-state index contributed by atoms with van der Waals surface area (Å²) in [7, 11) is 4.10. The lowest BCUT2D eigenvalue weighted by atomic mass is 9.58. The van der Waals surface area contributed by atoms with Crippen LogP contribution in [-0.2, 0) is 10.2 Å². The lowest BCUT2D eigenvalue weighted by Gasteiger charge is -2.50. The molecule has 0 N–H and O–H groups in total. The first kappa shape index (κ1) is 17.9. The average molecular weight is 335 g/mol. The molecule has 2 aromatic rings. The molecule has 1 unspecified atom stereocenters. The SMILES string of the molecule is CCCC(=O)C(N(C)C)C1(c2ccc(-c3ccccc3)cc2)CCC1. The van der Waals surface area contributed by atoms with E-state index in [2.05, 4.69) is 74.4 Å². The molecule has 3 rings (SSSR count). The zero-order valence-corrected chi connectivity index (χ0v) is 15.7. The van der Waals surface area contributed by atoms with E-state index in [4.69, 9.17) is 0 Å². The molecule has 0 spiro atoms. The third-order valence-corrected chi connectivity index (χ3v) is 5.65. The Morgan fingerprint density at radius 3 is 2.08 bits per heavy atom. The summed E-state index contributed by atoms with van der Waals surface area (Å²) in [5, 5.41) is 0. The number of Topliss-reactive ketones (excluding diaryl/α,β-unsaturated/α-hetero) is 1. The van der Waals surface area contributed by atoms with Crippen molar-refractivity contribution in [2.45, 2.75) is 50.5 Å². The van der Waals surface area contributed by atoms with Crippen LogP contribution in [0.4, 0.5) is 0 Å². The van der Waals surface area contributed by atoms with Gasteiger partial charge in [-0.15, -0.1) is 0 Å². The Morgan fingerprint density at radius 2 is 1.60 bits per heavy atom. The maximum Gasteiger partial charge on any atom is 0.150 e. The molecule has 0 heterocycles. The number of hydrogen-bond acceptors (Lipinski definition) is 2. The van der Waals surface area contributed by atoms with Gasteiger partial charge in [0.15, 0.2) is 5.78 Å². The van der Waals surface area contributed by atoms with Gasteiger partial charge in [0.25, 0.3) is 0 Å². The number of nitrogens with zero attached hydrogens (tertiary/aromatic N) is 1. The highest BCUT2D eigenvalue weighted by atomic mass is 16.1. The van der Waals surface area contributed by atoms with Gasteiger partial charge in [-0.3, -0.25) is 9.69 Å². The van der Waals surface area contributed by atoms with Gasteiger partial charge in [0.1, 0.15) is 0 Å². The molecule has 0 aromatic heterocycles. The molecule has 1 fully saturated rings. The number of carbonyl (C=O) groups is 1. The fraction of sp³-hybridized carbons (Fsp3) is 0.435. The van der Waals surface area contributed by atoms with Gasteiger partial charge in [0.05, 0.1) is 6.04 Å². The molecule has 1 atom stereocenters. The van der Waals surface area contributed by atoms with Gasteiger partial charge < -0.3 is 0 Å². The van der Waals surface area contributed by atoms with Crippen molar-refractivity contribution in [1.82, 2.24) is 4.90 Å². The second-order valence-electron chi connectivity index (χ2n) is 7.54. The minimum atomic E-state index is -0.0104. The number of rotatable bonds is 7. The van der Waals surface area contributed by atoms with Gasteiger partial charge in [-0.1, -0.05) is 67.9 Å². The van der Waals surface area contributed by atoms with E-state index >= 15 is 0 Å². The molecule has 132 valence electrons. The van der Waals surface area contributed by atoms with E-state index in [-0.39, 0.29) is 11.5 Å². The van der Waals surface area contributed by atoms with Crippen LogP contribution in [0.2, 0.25) is 0 Å². The van der Waals surface area contributed by atoms with Crippen molar-refractivity contribution in [3.63, 3.8) is 0 Å². The first-order chi connectivity index (χ1) is 12.1. The lowest BCUT2D eigenvalue weighted by molar-refractivity contribution is -0.127. The second-order valence-corrected chi connectivity index (χ2v) is 7.54. The molecular formula is C23H29NO. The number of ketones is 1. The Bertz CT molecular complexity index is 699. The first-order valence-electron chi connectivity index (χ1n) is 9.43. The van der Waals surface area contributed by atoms with Crippen molar-refractivity contribution in [3.8, 4) is 11.1 Å².